The van der Waals surface area contributed by atoms with Crippen LogP contribution in [0.1, 0.15) is 19.4 Å². The zero-order chi connectivity index (χ0) is 26.1. The van der Waals surface area contributed by atoms with Gasteiger partial charge in [0.15, 0.2) is 11.4 Å². The van der Waals surface area contributed by atoms with Crippen molar-refractivity contribution in [1.29, 1.82) is 0 Å². The second-order valence-corrected chi connectivity index (χ2v) is 8.70. The third kappa shape index (κ3) is 5.48. The molecule has 1 atom stereocenters. The minimum atomic E-state index is -4.60. The maximum atomic E-state index is 14.5. The van der Waals surface area contributed by atoms with Gasteiger partial charge in [-0.25, -0.2) is 13.9 Å². The van der Waals surface area contributed by atoms with Crippen LogP contribution < -0.4 is 16.0 Å². The minimum Gasteiger partial charge on any atom is -0.361 e. The maximum Gasteiger partial charge on any atom is 0.416 e. The van der Waals surface area contributed by atoms with Crippen LogP contribution in [0.2, 0.25) is 0 Å². The minimum absolute atomic E-state index is 0.110. The fourth-order valence-corrected chi connectivity index (χ4v) is 3.47. The van der Waals surface area contributed by atoms with E-state index in [0.29, 0.717) is 16.9 Å². The Labute approximate surface area is 203 Å². The number of urea groups is 1. The summed E-state index contributed by atoms with van der Waals surface area (Å²) < 4.78 is 60.6. The van der Waals surface area contributed by atoms with E-state index in [0.717, 1.165) is 19.9 Å². The number of anilines is 1. The smallest absolute Gasteiger partial charge is 0.361 e. The lowest BCUT2D eigenvalue weighted by molar-refractivity contribution is -0.267. The lowest BCUT2D eigenvalue weighted by atomic mass is 10.1. The molecule has 4 rings (SSSR count). The summed E-state index contributed by atoms with van der Waals surface area (Å²) in [6, 6.07) is 12.9. The van der Waals surface area contributed by atoms with E-state index in [4.69, 9.17) is 4.74 Å². The van der Waals surface area contributed by atoms with Gasteiger partial charge >= 0.3 is 12.2 Å². The Balaban J connectivity index is 1.67. The summed E-state index contributed by atoms with van der Waals surface area (Å²) in [5.74, 6) is -1.04. The standard InChI is InChI=1S/C24H23F4N5O3/c1-23(2,24(26,27)28)36-13-14-8-15(10-16(25)9-14)19-11-20(31-21(34)18-12-29-22(35)30-18)32-33(19)17-6-4-3-5-7-17/h3-11,18H,12-13H2,1-2H3,(H2,29,30,35)(H,31,32,34)/t18-/m1/s1. The van der Waals surface area contributed by atoms with Crippen LogP contribution in [0.5, 0.6) is 0 Å². The number of para-hydroxylation sites is 1. The third-order valence-corrected chi connectivity index (χ3v) is 5.59. The Bertz CT molecular complexity index is 1270. The molecule has 1 aliphatic heterocycles. The zero-order valence-corrected chi connectivity index (χ0v) is 19.3. The molecule has 0 aliphatic carbocycles. The molecule has 8 nitrogen and oxygen atoms in total. The predicted octanol–water partition coefficient (Wildman–Crippen LogP) is 4.16. The molecule has 0 spiro atoms. The number of nitrogens with one attached hydrogen (secondary N) is 3. The number of halogens is 4. The number of benzene rings is 2. The topological polar surface area (TPSA) is 97.3 Å². The second-order valence-electron chi connectivity index (χ2n) is 8.70. The summed E-state index contributed by atoms with van der Waals surface area (Å²) in [5, 5.41) is 12.0. The number of carbonyl (C=O) groups excluding carboxylic acids is 2. The fraction of sp³-hybridized carbons (Fsp3) is 0.292. The first-order valence-corrected chi connectivity index (χ1v) is 10.9. The first-order chi connectivity index (χ1) is 16.9. The number of hydrogen-bond acceptors (Lipinski definition) is 4. The molecule has 0 radical (unpaired) electrons. The molecule has 3 N–H and O–H groups in total. The summed E-state index contributed by atoms with van der Waals surface area (Å²) in [4.78, 5) is 23.9. The molecule has 0 unspecified atom stereocenters. The fourth-order valence-electron chi connectivity index (χ4n) is 3.47. The number of hydrogen-bond donors (Lipinski definition) is 3. The molecule has 1 aromatic heterocycles. The summed E-state index contributed by atoms with van der Waals surface area (Å²) in [6.45, 7) is 1.43. The van der Waals surface area contributed by atoms with Crippen molar-refractivity contribution in [2.24, 2.45) is 0 Å². The Morgan fingerprint density at radius 2 is 1.89 bits per heavy atom. The van der Waals surface area contributed by atoms with Gasteiger partial charge in [-0.15, -0.1) is 5.10 Å². The molecule has 2 aromatic carbocycles. The van der Waals surface area contributed by atoms with E-state index in [-0.39, 0.29) is 17.9 Å². The van der Waals surface area contributed by atoms with E-state index in [9.17, 15) is 27.2 Å². The molecule has 190 valence electrons. The number of ether oxygens (including phenoxy) is 1. The Morgan fingerprint density at radius 3 is 2.53 bits per heavy atom. The van der Waals surface area contributed by atoms with Crippen LogP contribution in [0.4, 0.5) is 28.2 Å². The Hall–Kier alpha value is -3.93. The highest BCUT2D eigenvalue weighted by Gasteiger charge is 2.48. The second kappa shape index (κ2) is 9.61. The Kier molecular flexibility index (Phi) is 6.72. The highest BCUT2D eigenvalue weighted by molar-refractivity contribution is 5.98. The predicted molar refractivity (Wildman–Crippen MR) is 123 cm³/mol. The molecule has 36 heavy (non-hydrogen) atoms. The quantitative estimate of drug-likeness (QED) is 0.420. The molecular formula is C24H23F4N5O3. The largest absolute Gasteiger partial charge is 0.416 e. The number of nitrogens with zero attached hydrogens (tertiary/aromatic N) is 2. The van der Waals surface area contributed by atoms with Crippen molar-refractivity contribution in [3.63, 3.8) is 0 Å². The molecular weight excluding hydrogens is 482 g/mol. The van der Waals surface area contributed by atoms with E-state index < -0.39 is 42.2 Å². The molecule has 1 saturated heterocycles. The van der Waals surface area contributed by atoms with Crippen LogP contribution in [0.15, 0.2) is 54.6 Å². The van der Waals surface area contributed by atoms with Crippen LogP contribution in [0.25, 0.3) is 16.9 Å². The summed E-state index contributed by atoms with van der Waals surface area (Å²) in [7, 11) is 0. The SMILES string of the molecule is CC(C)(OCc1cc(F)cc(-c2cc(NC(=O)[C@H]3CNC(=O)N3)nn2-c2ccccc2)c1)C(F)(F)F. The van der Waals surface area contributed by atoms with Crippen molar-refractivity contribution in [1.82, 2.24) is 20.4 Å². The molecule has 3 amide bonds. The summed E-state index contributed by atoms with van der Waals surface area (Å²) in [5.41, 5.74) is -0.947. The van der Waals surface area contributed by atoms with Crippen molar-refractivity contribution < 1.29 is 31.9 Å². The van der Waals surface area contributed by atoms with Gasteiger partial charge in [0.05, 0.1) is 18.0 Å². The number of amides is 3. The highest BCUT2D eigenvalue weighted by atomic mass is 19.4. The van der Waals surface area contributed by atoms with Crippen LogP contribution in [-0.4, -0.2) is 46.1 Å². The molecule has 3 aromatic rings. The van der Waals surface area contributed by atoms with E-state index in [2.05, 4.69) is 21.0 Å². The van der Waals surface area contributed by atoms with Crippen molar-refractivity contribution in [3.05, 3.63) is 66.0 Å². The van der Waals surface area contributed by atoms with E-state index in [1.807, 2.05) is 0 Å². The lowest BCUT2D eigenvalue weighted by Gasteiger charge is -2.28. The molecule has 2 heterocycles. The van der Waals surface area contributed by atoms with Gasteiger partial charge in [-0.05, 0) is 49.7 Å². The van der Waals surface area contributed by atoms with Gasteiger partial charge in [0, 0.05) is 18.2 Å². The summed E-state index contributed by atoms with van der Waals surface area (Å²) in [6.07, 6.45) is -4.60. The van der Waals surface area contributed by atoms with Crippen molar-refractivity contribution >= 4 is 17.8 Å². The molecule has 0 saturated carbocycles. The third-order valence-electron chi connectivity index (χ3n) is 5.59. The van der Waals surface area contributed by atoms with E-state index in [1.54, 1.807) is 30.3 Å². The number of carbonyl (C=O) groups is 2. The molecule has 1 aliphatic rings. The van der Waals surface area contributed by atoms with Gasteiger partial charge in [0.1, 0.15) is 11.9 Å². The van der Waals surface area contributed by atoms with Crippen LogP contribution in [0, 0.1) is 5.82 Å². The van der Waals surface area contributed by atoms with Gasteiger partial charge in [0.25, 0.3) is 0 Å². The lowest BCUT2D eigenvalue weighted by Crippen LogP contribution is -2.41. The van der Waals surface area contributed by atoms with Gasteiger partial charge in [0.2, 0.25) is 5.91 Å². The summed E-state index contributed by atoms with van der Waals surface area (Å²) >= 11 is 0. The number of alkyl halides is 3. The van der Waals surface area contributed by atoms with Gasteiger partial charge in [-0.1, -0.05) is 18.2 Å². The van der Waals surface area contributed by atoms with Crippen LogP contribution >= 0.6 is 0 Å². The number of rotatable bonds is 7. The highest BCUT2D eigenvalue weighted by Crippen LogP contribution is 2.34. The Morgan fingerprint density at radius 1 is 1.17 bits per heavy atom. The van der Waals surface area contributed by atoms with Crippen molar-refractivity contribution in [3.8, 4) is 16.9 Å². The average molecular weight is 505 g/mol. The van der Waals surface area contributed by atoms with Gasteiger partial charge in [-0.2, -0.15) is 13.2 Å². The van der Waals surface area contributed by atoms with E-state index >= 15 is 0 Å². The first-order valence-electron chi connectivity index (χ1n) is 10.9. The van der Waals surface area contributed by atoms with Gasteiger partial charge in [-0.3, -0.25) is 4.79 Å². The molecule has 12 heteroatoms. The van der Waals surface area contributed by atoms with Crippen LogP contribution in [0.3, 0.4) is 0 Å². The normalized spacial score (nSPS) is 15.9. The molecule has 1 fully saturated rings. The monoisotopic (exact) mass is 505 g/mol. The zero-order valence-electron chi connectivity index (χ0n) is 19.3. The maximum absolute atomic E-state index is 14.5. The molecule has 0 bridgehead atoms. The van der Waals surface area contributed by atoms with Crippen molar-refractivity contribution in [2.75, 3.05) is 11.9 Å². The van der Waals surface area contributed by atoms with Crippen LogP contribution in [-0.2, 0) is 16.1 Å². The number of aromatic nitrogens is 2. The van der Waals surface area contributed by atoms with Gasteiger partial charge < -0.3 is 20.7 Å². The van der Waals surface area contributed by atoms with E-state index in [1.165, 1.54) is 22.9 Å². The first kappa shape index (κ1) is 25.2. The average Bonchev–Trinajstić information content (AvgIpc) is 3.44. The van der Waals surface area contributed by atoms with Crippen molar-refractivity contribution in [2.45, 2.75) is 38.3 Å².